The van der Waals surface area contributed by atoms with Crippen LogP contribution in [0.2, 0.25) is 5.02 Å². The molecule has 2 heterocycles. The summed E-state index contributed by atoms with van der Waals surface area (Å²) in [5.41, 5.74) is 4.69. The van der Waals surface area contributed by atoms with Crippen LogP contribution in [0.5, 0.6) is 0 Å². The second-order valence-electron chi connectivity index (χ2n) is 10.2. The van der Waals surface area contributed by atoms with E-state index in [2.05, 4.69) is 43.5 Å². The lowest BCUT2D eigenvalue weighted by Gasteiger charge is -2.37. The van der Waals surface area contributed by atoms with Crippen molar-refractivity contribution in [1.82, 2.24) is 9.80 Å². The van der Waals surface area contributed by atoms with Gasteiger partial charge in [-0.25, -0.2) is 4.99 Å². The predicted molar refractivity (Wildman–Crippen MR) is 142 cm³/mol. The highest BCUT2D eigenvalue weighted by atomic mass is 35.5. The van der Waals surface area contributed by atoms with Crippen molar-refractivity contribution >= 4 is 29.0 Å². The van der Waals surface area contributed by atoms with Crippen LogP contribution in [-0.4, -0.2) is 54.8 Å². The molecule has 2 fully saturated rings. The van der Waals surface area contributed by atoms with Crippen molar-refractivity contribution in [2.45, 2.75) is 58.9 Å². The summed E-state index contributed by atoms with van der Waals surface area (Å²) in [4.78, 5) is 25.3. The van der Waals surface area contributed by atoms with Gasteiger partial charge in [0.1, 0.15) is 5.84 Å². The van der Waals surface area contributed by atoms with E-state index in [1.54, 1.807) is 0 Å². The third-order valence-electron chi connectivity index (χ3n) is 7.70. The molecule has 1 aliphatic carbocycles. The zero-order valence-electron chi connectivity index (χ0n) is 21.0. The van der Waals surface area contributed by atoms with Crippen LogP contribution < -0.4 is 4.90 Å². The van der Waals surface area contributed by atoms with E-state index in [9.17, 15) is 4.79 Å². The van der Waals surface area contributed by atoms with Gasteiger partial charge in [-0.05, 0) is 74.9 Å². The molecular weight excluding hydrogens is 444 g/mol. The molecule has 2 aliphatic heterocycles. The first-order valence-electron chi connectivity index (χ1n) is 12.9. The smallest absolute Gasteiger partial charge is 0.230 e. The summed E-state index contributed by atoms with van der Waals surface area (Å²) in [7, 11) is 2.10. The topological polar surface area (TPSA) is 39.2 Å². The highest BCUT2D eigenvalue weighted by molar-refractivity contribution is 6.30. The Morgan fingerprint density at radius 3 is 2.68 bits per heavy atom. The van der Waals surface area contributed by atoms with E-state index in [4.69, 9.17) is 16.6 Å². The van der Waals surface area contributed by atoms with E-state index in [1.807, 2.05) is 23.1 Å². The van der Waals surface area contributed by atoms with Crippen LogP contribution in [0.25, 0.3) is 0 Å². The van der Waals surface area contributed by atoms with Crippen LogP contribution in [0.15, 0.2) is 47.1 Å². The molecule has 6 heteroatoms. The van der Waals surface area contributed by atoms with Crippen molar-refractivity contribution in [1.29, 1.82) is 0 Å². The first-order chi connectivity index (χ1) is 16.4. The molecule has 0 N–H and O–H groups in total. The molecule has 1 aromatic rings. The van der Waals surface area contributed by atoms with Crippen LogP contribution >= 0.6 is 11.6 Å². The number of likely N-dealkylation sites (N-methyl/N-ethyl adjacent to an activating group) is 1. The lowest BCUT2D eigenvalue weighted by atomic mass is 9.93. The molecular formula is C28H39ClN4O. The molecule has 3 aliphatic rings. The minimum Gasteiger partial charge on any atom is -0.360 e. The monoisotopic (exact) mass is 482 g/mol. The Morgan fingerprint density at radius 1 is 1.24 bits per heavy atom. The fourth-order valence-electron chi connectivity index (χ4n) is 5.34. The number of likely N-dealkylation sites (tertiary alicyclic amines) is 1. The number of rotatable bonds is 4. The van der Waals surface area contributed by atoms with E-state index >= 15 is 0 Å². The van der Waals surface area contributed by atoms with Gasteiger partial charge in [-0.15, -0.1) is 0 Å². The number of halogens is 1. The van der Waals surface area contributed by atoms with Crippen molar-refractivity contribution in [2.24, 2.45) is 16.8 Å². The van der Waals surface area contributed by atoms with Gasteiger partial charge in [0, 0.05) is 61.5 Å². The molecule has 0 spiro atoms. The third kappa shape index (κ3) is 5.58. The Balaban J connectivity index is 1.46. The van der Waals surface area contributed by atoms with E-state index in [0.29, 0.717) is 5.92 Å². The van der Waals surface area contributed by atoms with Crippen molar-refractivity contribution in [3.8, 4) is 0 Å². The van der Waals surface area contributed by atoms with E-state index in [1.165, 1.54) is 17.6 Å². The number of aliphatic imine (C=N–C) groups is 1. The number of benzene rings is 1. The van der Waals surface area contributed by atoms with Gasteiger partial charge in [-0.1, -0.05) is 37.6 Å². The Bertz CT molecular complexity index is 977. The van der Waals surface area contributed by atoms with Gasteiger partial charge < -0.3 is 14.7 Å². The number of hydrogen-bond donors (Lipinski definition) is 0. The average Bonchev–Trinajstić information content (AvgIpc) is 3.16. The molecule has 0 bridgehead atoms. The van der Waals surface area contributed by atoms with E-state index < -0.39 is 0 Å². The first kappa shape index (κ1) is 25.0. The molecule has 1 saturated heterocycles. The number of piperidine rings is 1. The fraction of sp³-hybridized carbons (Fsp3) is 0.571. The van der Waals surface area contributed by atoms with Crippen molar-refractivity contribution < 1.29 is 4.79 Å². The lowest BCUT2D eigenvalue weighted by Crippen LogP contribution is -2.46. The Morgan fingerprint density at radius 2 is 2.00 bits per heavy atom. The summed E-state index contributed by atoms with van der Waals surface area (Å²) < 4.78 is 0. The van der Waals surface area contributed by atoms with Gasteiger partial charge in [-0.3, -0.25) is 4.79 Å². The summed E-state index contributed by atoms with van der Waals surface area (Å²) in [5, 5.41) is 0.725. The van der Waals surface area contributed by atoms with Crippen LogP contribution in [0.4, 0.5) is 5.69 Å². The van der Waals surface area contributed by atoms with Gasteiger partial charge in [0.05, 0.1) is 0 Å². The number of hydrogen-bond acceptors (Lipinski definition) is 3. The second-order valence-corrected chi connectivity index (χ2v) is 10.6. The summed E-state index contributed by atoms with van der Waals surface area (Å²) in [5.74, 6) is 1.87. The Kier molecular flexibility index (Phi) is 8.15. The molecule has 5 nitrogen and oxygen atoms in total. The maximum Gasteiger partial charge on any atom is 0.230 e. The second kappa shape index (κ2) is 11.1. The molecule has 34 heavy (non-hydrogen) atoms. The molecule has 1 atom stereocenters. The van der Waals surface area contributed by atoms with Crippen molar-refractivity contribution in [2.75, 3.05) is 38.1 Å². The molecule has 184 valence electrons. The zero-order valence-corrected chi connectivity index (χ0v) is 21.8. The van der Waals surface area contributed by atoms with Gasteiger partial charge in [0.15, 0.2) is 0 Å². The SMILES string of the molecule is C=C1CCC/C1=C/N=C(C(C)CC)N1CCC(C(=O)N2CCN(C)Cc3cc(Cl)ccc32)CC1. The van der Waals surface area contributed by atoms with Gasteiger partial charge in [0.25, 0.3) is 0 Å². The van der Waals surface area contributed by atoms with Crippen LogP contribution in [0.3, 0.4) is 0 Å². The van der Waals surface area contributed by atoms with Gasteiger partial charge in [0.2, 0.25) is 5.91 Å². The number of amides is 1. The quantitative estimate of drug-likeness (QED) is 0.396. The van der Waals surface area contributed by atoms with E-state index in [0.717, 1.165) is 86.9 Å². The van der Waals surface area contributed by atoms with Crippen molar-refractivity contribution in [3.63, 3.8) is 0 Å². The molecule has 4 rings (SSSR count). The molecule has 0 aromatic heterocycles. The number of allylic oxidation sites excluding steroid dienone is 2. The molecule has 1 unspecified atom stereocenters. The molecule has 1 saturated carbocycles. The summed E-state index contributed by atoms with van der Waals surface area (Å²) >= 11 is 6.26. The number of anilines is 1. The number of carbonyl (C=O) groups excluding carboxylic acids is 1. The van der Waals surface area contributed by atoms with Crippen molar-refractivity contribution in [3.05, 3.63) is 52.7 Å². The molecule has 1 amide bonds. The number of carbonyl (C=O) groups is 1. The normalized spacial score (nSPS) is 22.8. The van der Waals surface area contributed by atoms with E-state index in [-0.39, 0.29) is 11.8 Å². The summed E-state index contributed by atoms with van der Waals surface area (Å²) in [6, 6.07) is 5.92. The number of nitrogens with zero attached hydrogens (tertiary/aromatic N) is 4. The Labute approximate surface area is 210 Å². The number of fused-ring (bicyclic) bond motifs is 1. The highest BCUT2D eigenvalue weighted by Gasteiger charge is 2.33. The maximum absolute atomic E-state index is 13.7. The lowest BCUT2D eigenvalue weighted by molar-refractivity contribution is -0.123. The summed E-state index contributed by atoms with van der Waals surface area (Å²) in [6.07, 6.45) is 8.22. The van der Waals surface area contributed by atoms with Gasteiger partial charge in [-0.2, -0.15) is 0 Å². The molecule has 0 radical (unpaired) electrons. The largest absolute Gasteiger partial charge is 0.360 e. The fourth-order valence-corrected chi connectivity index (χ4v) is 5.54. The summed E-state index contributed by atoms with van der Waals surface area (Å²) in [6.45, 7) is 12.8. The zero-order chi connectivity index (χ0) is 24.2. The predicted octanol–water partition coefficient (Wildman–Crippen LogP) is 5.90. The first-order valence-corrected chi connectivity index (χ1v) is 13.2. The minimum atomic E-state index is 0.0503. The highest BCUT2D eigenvalue weighted by Crippen LogP contribution is 2.32. The van der Waals surface area contributed by atoms with Gasteiger partial charge >= 0.3 is 0 Å². The standard InChI is InChI=1S/C28H39ClN4O/c1-5-20(2)27(30-18-23-8-6-7-21(23)3)32-13-11-22(12-14-32)28(34)33-16-15-31(4)19-24-17-25(29)9-10-26(24)33/h9-10,17-18,20,22H,3,5-8,11-16,19H2,1-2,4H3/b23-18-,30-27?. The minimum absolute atomic E-state index is 0.0503. The van der Waals surface area contributed by atoms with Crippen LogP contribution in [0, 0.1) is 11.8 Å². The van der Waals surface area contributed by atoms with Crippen LogP contribution in [0.1, 0.15) is 57.9 Å². The number of amidine groups is 1. The maximum atomic E-state index is 13.7. The Hall–Kier alpha value is -2.11. The average molecular weight is 483 g/mol. The van der Waals surface area contributed by atoms with Crippen LogP contribution in [-0.2, 0) is 11.3 Å². The third-order valence-corrected chi connectivity index (χ3v) is 7.93. The molecule has 1 aromatic carbocycles.